The molecule has 1 atom stereocenters. The molecule has 1 aromatic carbocycles. The number of hydrogen-bond acceptors (Lipinski definition) is 3. The predicted octanol–water partition coefficient (Wildman–Crippen LogP) is 4.94. The lowest BCUT2D eigenvalue weighted by atomic mass is 9.97. The molecule has 2 aliphatic rings. The second-order valence-corrected chi connectivity index (χ2v) is 6.52. The quantitative estimate of drug-likeness (QED) is 0.653. The Labute approximate surface area is 162 Å². The average Bonchev–Trinajstić information content (AvgIpc) is 2.71. The topological polar surface area (TPSA) is 36.1 Å². The molecule has 1 saturated heterocycles. The van der Waals surface area contributed by atoms with Crippen molar-refractivity contribution in [1.29, 1.82) is 0 Å². The highest BCUT2D eigenvalue weighted by Crippen LogP contribution is 2.21. The summed E-state index contributed by atoms with van der Waals surface area (Å²) in [5, 5.41) is 3.28. The fourth-order valence-electron chi connectivity index (χ4n) is 2.68. The lowest BCUT2D eigenvalue weighted by Crippen LogP contribution is -2.30. The molecule has 0 aromatic heterocycles. The first kappa shape index (κ1) is 23.1. The van der Waals surface area contributed by atoms with E-state index in [4.69, 9.17) is 0 Å². The Bertz CT molecular complexity index is 570. The first-order valence-electron chi connectivity index (χ1n) is 9.62. The zero-order valence-electron chi connectivity index (χ0n) is 16.7. The van der Waals surface area contributed by atoms with E-state index < -0.39 is 0 Å². The van der Waals surface area contributed by atoms with Gasteiger partial charge in [-0.1, -0.05) is 36.3 Å². The molecule has 1 aromatic rings. The summed E-state index contributed by atoms with van der Waals surface area (Å²) in [7, 11) is 1.81. The number of halogens is 2. The lowest BCUT2D eigenvalue weighted by Gasteiger charge is -2.18. The van der Waals surface area contributed by atoms with E-state index in [2.05, 4.69) is 16.2 Å². The van der Waals surface area contributed by atoms with Gasteiger partial charge in [-0.05, 0) is 70.5 Å². The highest BCUT2D eigenvalue weighted by atomic mass is 19.1. The van der Waals surface area contributed by atoms with E-state index in [-0.39, 0.29) is 17.6 Å². The van der Waals surface area contributed by atoms with Crippen molar-refractivity contribution in [2.75, 3.05) is 20.1 Å². The summed E-state index contributed by atoms with van der Waals surface area (Å²) in [4.78, 5) is 0. The highest BCUT2D eigenvalue weighted by Gasteiger charge is 2.12. The molecular weight excluding hydrogens is 344 g/mol. The van der Waals surface area contributed by atoms with Crippen LogP contribution in [0.2, 0.25) is 0 Å². The Morgan fingerprint density at radius 3 is 2.15 bits per heavy atom. The molecule has 0 amide bonds. The second-order valence-electron chi connectivity index (χ2n) is 6.52. The molecule has 0 saturated carbocycles. The minimum atomic E-state index is -0.171. The minimum Gasteiger partial charge on any atom is -0.326 e. The average molecular weight is 378 g/mol. The van der Waals surface area contributed by atoms with Crippen molar-refractivity contribution in [2.24, 2.45) is 5.92 Å². The van der Waals surface area contributed by atoms with Gasteiger partial charge in [0.25, 0.3) is 0 Å². The number of piperidine rings is 1. The van der Waals surface area contributed by atoms with E-state index >= 15 is 0 Å². The summed E-state index contributed by atoms with van der Waals surface area (Å²) >= 11 is 0. The van der Waals surface area contributed by atoms with Crippen molar-refractivity contribution in [3.63, 3.8) is 0 Å². The van der Waals surface area contributed by atoms with Crippen molar-refractivity contribution in [2.45, 2.75) is 39.5 Å². The molecule has 0 radical (unpaired) electrons. The predicted molar refractivity (Wildman–Crippen MR) is 110 cm³/mol. The van der Waals surface area contributed by atoms with Gasteiger partial charge in [-0.2, -0.15) is 0 Å². The van der Waals surface area contributed by atoms with E-state index in [0.717, 1.165) is 17.7 Å². The fourth-order valence-corrected chi connectivity index (χ4v) is 2.68. The summed E-state index contributed by atoms with van der Waals surface area (Å²) in [6.07, 6.45) is 11.9. The third-order valence-corrected chi connectivity index (χ3v) is 4.25. The van der Waals surface area contributed by atoms with Crippen LogP contribution in [0.3, 0.4) is 0 Å². The summed E-state index contributed by atoms with van der Waals surface area (Å²) in [5.41, 5.74) is 8.05. The molecule has 3 nitrogen and oxygen atoms in total. The Morgan fingerprint density at radius 1 is 1.11 bits per heavy atom. The van der Waals surface area contributed by atoms with Gasteiger partial charge in [0, 0.05) is 18.7 Å². The Morgan fingerprint density at radius 2 is 1.78 bits per heavy atom. The Hall–Kier alpha value is -1.98. The van der Waals surface area contributed by atoms with Crippen LogP contribution in [0.15, 0.2) is 60.1 Å². The third kappa shape index (κ3) is 10.7. The van der Waals surface area contributed by atoms with Crippen LogP contribution in [0, 0.1) is 18.7 Å². The van der Waals surface area contributed by atoms with E-state index in [9.17, 15) is 8.78 Å². The molecule has 0 spiro atoms. The molecule has 3 N–H and O–H groups in total. The first-order chi connectivity index (χ1) is 13.1. The second kappa shape index (κ2) is 14.1. The zero-order valence-corrected chi connectivity index (χ0v) is 16.7. The maximum atomic E-state index is 12.6. The zero-order chi connectivity index (χ0) is 19.9. The molecule has 1 fully saturated rings. The van der Waals surface area contributed by atoms with Crippen molar-refractivity contribution in [3.8, 4) is 0 Å². The monoisotopic (exact) mass is 377 g/mol. The molecule has 27 heavy (non-hydrogen) atoms. The van der Waals surface area contributed by atoms with E-state index in [1.807, 2.05) is 33.0 Å². The number of allylic oxidation sites excluding steroid dienone is 5. The molecule has 1 aliphatic heterocycles. The van der Waals surface area contributed by atoms with Crippen LogP contribution in [0.25, 0.3) is 0 Å². The van der Waals surface area contributed by atoms with Gasteiger partial charge in [0.2, 0.25) is 0 Å². The van der Waals surface area contributed by atoms with Crippen molar-refractivity contribution >= 4 is 0 Å². The molecule has 5 heteroatoms. The lowest BCUT2D eigenvalue weighted by molar-refractivity contribution is 0.520. The standard InChI is InChI=1S/C10H15FN2.C7H7F.C5H11N/c1-3-10(13-12-2)8-4-6-9(11)7-5-8;1-6-2-4-7(8)5-3-6;1-2-4-6-5-3-1/h3-4,6-8,12-13H,5H2,1-2H3;2-5H,1H3;6H,1-5H2/b10-3-;;. The van der Waals surface area contributed by atoms with Gasteiger partial charge in [0.05, 0.1) is 0 Å². The van der Waals surface area contributed by atoms with Crippen LogP contribution in [0.4, 0.5) is 8.78 Å². The number of hydrogen-bond donors (Lipinski definition) is 3. The number of nitrogens with one attached hydrogen (secondary N) is 3. The van der Waals surface area contributed by atoms with Gasteiger partial charge in [-0.15, -0.1) is 0 Å². The summed E-state index contributed by atoms with van der Waals surface area (Å²) in [6.45, 7) is 6.39. The van der Waals surface area contributed by atoms with E-state index in [0.29, 0.717) is 0 Å². The summed E-state index contributed by atoms with van der Waals surface area (Å²) in [5.74, 6) is -0.0521. The van der Waals surface area contributed by atoms with Crippen LogP contribution in [0.5, 0.6) is 0 Å². The first-order valence-corrected chi connectivity index (χ1v) is 9.62. The van der Waals surface area contributed by atoms with Crippen LogP contribution in [-0.4, -0.2) is 20.1 Å². The number of rotatable bonds is 3. The molecular formula is C22H33F2N3. The molecule has 1 aliphatic carbocycles. The van der Waals surface area contributed by atoms with Crippen LogP contribution in [-0.2, 0) is 0 Å². The van der Waals surface area contributed by atoms with Gasteiger partial charge in [-0.25, -0.2) is 14.2 Å². The minimum absolute atomic E-state index is 0.142. The van der Waals surface area contributed by atoms with E-state index in [1.54, 1.807) is 18.2 Å². The molecule has 3 rings (SSSR count). The smallest absolute Gasteiger partial charge is 0.123 e. The van der Waals surface area contributed by atoms with Gasteiger partial charge in [0.15, 0.2) is 0 Å². The number of benzene rings is 1. The van der Waals surface area contributed by atoms with Crippen LogP contribution in [0.1, 0.15) is 38.2 Å². The van der Waals surface area contributed by atoms with Crippen molar-refractivity contribution in [3.05, 3.63) is 71.5 Å². The van der Waals surface area contributed by atoms with Gasteiger partial charge >= 0.3 is 0 Å². The van der Waals surface area contributed by atoms with Gasteiger partial charge in [0.1, 0.15) is 11.6 Å². The number of aryl methyl sites for hydroxylation is 1. The maximum absolute atomic E-state index is 12.6. The van der Waals surface area contributed by atoms with E-state index in [1.165, 1.54) is 50.6 Å². The largest absolute Gasteiger partial charge is 0.326 e. The highest BCUT2D eigenvalue weighted by molar-refractivity contribution is 5.23. The summed E-state index contributed by atoms with van der Waals surface area (Å²) in [6, 6.07) is 6.40. The van der Waals surface area contributed by atoms with Crippen LogP contribution >= 0.6 is 0 Å². The van der Waals surface area contributed by atoms with Crippen molar-refractivity contribution in [1.82, 2.24) is 16.2 Å². The van der Waals surface area contributed by atoms with Crippen molar-refractivity contribution < 1.29 is 8.78 Å². The Kier molecular flexibility index (Phi) is 12.1. The molecule has 1 heterocycles. The van der Waals surface area contributed by atoms with Crippen LogP contribution < -0.4 is 16.2 Å². The van der Waals surface area contributed by atoms with Gasteiger partial charge in [-0.3, -0.25) is 0 Å². The normalized spacial score (nSPS) is 19.1. The fraction of sp³-hybridized carbons (Fsp3) is 0.455. The molecule has 1 unspecified atom stereocenters. The molecule has 0 bridgehead atoms. The number of hydrazine groups is 1. The summed E-state index contributed by atoms with van der Waals surface area (Å²) < 4.78 is 24.7. The Balaban J connectivity index is 0.000000221. The SMILES string of the molecule is C/C=C(\NNC)C1C=CC(F)=CC1.C1CCNCC1.Cc1ccc(F)cc1. The molecule has 150 valence electrons. The third-order valence-electron chi connectivity index (χ3n) is 4.25. The van der Waals surface area contributed by atoms with Gasteiger partial charge < -0.3 is 10.7 Å². The maximum Gasteiger partial charge on any atom is 0.123 e.